The van der Waals surface area contributed by atoms with Crippen molar-refractivity contribution < 1.29 is 23.1 Å². The minimum Gasteiger partial charge on any atom is -0.481 e. The van der Waals surface area contributed by atoms with Crippen molar-refractivity contribution in [1.29, 1.82) is 0 Å². The molecule has 0 aromatic carbocycles. The molecule has 0 bridgehead atoms. The minimum atomic E-state index is -4.43. The van der Waals surface area contributed by atoms with Crippen LogP contribution in [0.3, 0.4) is 0 Å². The lowest BCUT2D eigenvalue weighted by molar-refractivity contribution is -0.184. The van der Waals surface area contributed by atoms with E-state index >= 15 is 0 Å². The molecule has 1 aliphatic carbocycles. The second-order valence-electron chi connectivity index (χ2n) is 3.59. The predicted molar refractivity (Wildman–Crippen MR) is 49.4 cm³/mol. The van der Waals surface area contributed by atoms with Crippen LogP contribution in [0.5, 0.6) is 0 Å². The van der Waals surface area contributed by atoms with Crippen LogP contribution < -0.4 is 0 Å². The SMILES string of the molecule is O=C(O)CSc1nnnn1C1(C(F)(F)F)CC1. The summed E-state index contributed by atoms with van der Waals surface area (Å²) in [5.74, 6) is -1.52. The normalized spacial score (nSPS) is 18.1. The number of thioether (sulfide) groups is 1. The van der Waals surface area contributed by atoms with Crippen LogP contribution in [-0.2, 0) is 10.3 Å². The Morgan fingerprint density at radius 1 is 1.53 bits per heavy atom. The summed E-state index contributed by atoms with van der Waals surface area (Å²) in [5, 5.41) is 18.2. The Morgan fingerprint density at radius 2 is 2.18 bits per heavy atom. The van der Waals surface area contributed by atoms with E-state index in [4.69, 9.17) is 5.11 Å². The molecule has 1 N–H and O–H groups in total. The van der Waals surface area contributed by atoms with Crippen LogP contribution in [0.1, 0.15) is 12.8 Å². The first-order valence-corrected chi connectivity index (χ1v) is 5.55. The number of aliphatic carboxylic acids is 1. The zero-order valence-electron chi connectivity index (χ0n) is 8.31. The van der Waals surface area contributed by atoms with Crippen LogP contribution in [0.4, 0.5) is 13.2 Å². The predicted octanol–water partition coefficient (Wildman–Crippen LogP) is 0.901. The summed E-state index contributed by atoms with van der Waals surface area (Å²) in [4.78, 5) is 10.3. The lowest BCUT2D eigenvalue weighted by Crippen LogP contribution is -2.36. The van der Waals surface area contributed by atoms with Crippen molar-refractivity contribution in [2.45, 2.75) is 29.7 Å². The van der Waals surface area contributed by atoms with Gasteiger partial charge in [-0.1, -0.05) is 11.8 Å². The Morgan fingerprint density at radius 3 is 2.65 bits per heavy atom. The maximum Gasteiger partial charge on any atom is 0.413 e. The van der Waals surface area contributed by atoms with Crippen LogP contribution in [0, 0.1) is 0 Å². The van der Waals surface area contributed by atoms with Gasteiger partial charge in [0.1, 0.15) is 0 Å². The first-order chi connectivity index (χ1) is 7.87. The van der Waals surface area contributed by atoms with Gasteiger partial charge >= 0.3 is 12.1 Å². The largest absolute Gasteiger partial charge is 0.481 e. The van der Waals surface area contributed by atoms with Gasteiger partial charge in [0.25, 0.3) is 0 Å². The Balaban J connectivity index is 2.23. The van der Waals surface area contributed by atoms with Gasteiger partial charge in [0.2, 0.25) is 5.16 Å². The average molecular weight is 268 g/mol. The number of halogens is 3. The number of hydrogen-bond donors (Lipinski definition) is 1. The van der Waals surface area contributed by atoms with Gasteiger partial charge in [-0.2, -0.15) is 13.2 Å². The molecule has 6 nitrogen and oxygen atoms in total. The van der Waals surface area contributed by atoms with Crippen molar-refractivity contribution in [1.82, 2.24) is 20.2 Å². The van der Waals surface area contributed by atoms with Crippen molar-refractivity contribution >= 4 is 17.7 Å². The molecule has 0 spiro atoms. The number of alkyl halides is 3. The molecule has 0 saturated heterocycles. The maximum absolute atomic E-state index is 12.8. The number of rotatable bonds is 4. The highest BCUT2D eigenvalue weighted by atomic mass is 32.2. The lowest BCUT2D eigenvalue weighted by atomic mass is 10.3. The fraction of sp³-hybridized carbons (Fsp3) is 0.714. The van der Waals surface area contributed by atoms with E-state index in [1.807, 2.05) is 0 Å². The number of carboxylic acids is 1. The van der Waals surface area contributed by atoms with Crippen LogP contribution in [0.2, 0.25) is 0 Å². The van der Waals surface area contributed by atoms with E-state index in [1.165, 1.54) is 0 Å². The Hall–Kier alpha value is -1.32. The van der Waals surface area contributed by atoms with Crippen LogP contribution in [-0.4, -0.2) is 43.2 Å². The number of nitrogens with zero attached hydrogens (tertiary/aromatic N) is 4. The number of aromatic nitrogens is 4. The van der Waals surface area contributed by atoms with E-state index in [1.54, 1.807) is 0 Å². The molecular formula is C7H7F3N4O2S. The molecule has 94 valence electrons. The zero-order valence-corrected chi connectivity index (χ0v) is 9.12. The summed E-state index contributed by atoms with van der Waals surface area (Å²) < 4.78 is 39.1. The number of tetrazole rings is 1. The molecule has 1 fully saturated rings. The molecule has 0 radical (unpaired) electrons. The smallest absolute Gasteiger partial charge is 0.413 e. The van der Waals surface area contributed by atoms with Gasteiger partial charge in [-0.15, -0.1) is 5.10 Å². The Labute approximate surface area is 97.2 Å². The maximum atomic E-state index is 12.8. The first kappa shape index (κ1) is 12.1. The van der Waals surface area contributed by atoms with Gasteiger partial charge in [-0.25, -0.2) is 4.68 Å². The molecule has 0 unspecified atom stereocenters. The average Bonchev–Trinajstić information content (AvgIpc) is 2.89. The van der Waals surface area contributed by atoms with E-state index in [0.717, 1.165) is 0 Å². The standard InChI is InChI=1S/C7H7F3N4O2S/c8-7(9,10)6(1-2-6)14-5(11-12-13-14)17-3-4(15)16/h1-3H2,(H,15,16). The van der Waals surface area contributed by atoms with E-state index in [0.29, 0.717) is 16.4 Å². The highest BCUT2D eigenvalue weighted by Gasteiger charge is 2.66. The molecule has 0 aliphatic heterocycles. The Kier molecular flexibility index (Phi) is 2.76. The van der Waals surface area contributed by atoms with Gasteiger partial charge in [0.15, 0.2) is 5.54 Å². The van der Waals surface area contributed by atoms with E-state index < -0.39 is 17.7 Å². The zero-order chi connectivity index (χ0) is 12.7. The summed E-state index contributed by atoms with van der Waals surface area (Å²) in [6.07, 6.45) is -4.59. The number of carbonyl (C=O) groups is 1. The monoisotopic (exact) mass is 268 g/mol. The third-order valence-corrected chi connectivity index (χ3v) is 3.33. The number of carboxylic acid groups (broad SMARTS) is 1. The van der Waals surface area contributed by atoms with Gasteiger partial charge in [0, 0.05) is 0 Å². The third-order valence-electron chi connectivity index (χ3n) is 2.42. The minimum absolute atomic E-state index is 0.0812. The molecule has 2 rings (SSSR count). The molecule has 0 atom stereocenters. The van der Waals surface area contributed by atoms with E-state index in [-0.39, 0.29) is 23.8 Å². The summed E-state index contributed by atoms with van der Waals surface area (Å²) in [6.45, 7) is 0. The number of hydrogen-bond acceptors (Lipinski definition) is 5. The lowest BCUT2D eigenvalue weighted by Gasteiger charge is -2.19. The molecule has 1 heterocycles. The highest BCUT2D eigenvalue weighted by molar-refractivity contribution is 7.99. The van der Waals surface area contributed by atoms with Crippen molar-refractivity contribution in [3.8, 4) is 0 Å². The van der Waals surface area contributed by atoms with Crippen molar-refractivity contribution in [3.63, 3.8) is 0 Å². The second kappa shape index (κ2) is 3.86. The van der Waals surface area contributed by atoms with Crippen molar-refractivity contribution in [3.05, 3.63) is 0 Å². The van der Waals surface area contributed by atoms with Gasteiger partial charge in [-0.3, -0.25) is 4.79 Å². The van der Waals surface area contributed by atoms with E-state index in [9.17, 15) is 18.0 Å². The molecule has 10 heteroatoms. The van der Waals surface area contributed by atoms with Crippen LogP contribution in [0.15, 0.2) is 5.16 Å². The summed E-state index contributed by atoms with van der Waals surface area (Å²) in [7, 11) is 0. The van der Waals surface area contributed by atoms with Crippen LogP contribution >= 0.6 is 11.8 Å². The summed E-state index contributed by atoms with van der Waals surface area (Å²) in [6, 6.07) is 0. The Bertz CT molecular complexity index is 443. The van der Waals surface area contributed by atoms with Crippen LogP contribution in [0.25, 0.3) is 0 Å². The summed E-state index contributed by atoms with van der Waals surface area (Å²) >= 11 is 0.672. The van der Waals surface area contributed by atoms with Gasteiger partial charge in [-0.05, 0) is 23.3 Å². The molecule has 17 heavy (non-hydrogen) atoms. The molecule has 1 saturated carbocycles. The first-order valence-electron chi connectivity index (χ1n) is 4.57. The van der Waals surface area contributed by atoms with Crippen molar-refractivity contribution in [2.75, 3.05) is 5.75 Å². The molecule has 1 aromatic heterocycles. The second-order valence-corrected chi connectivity index (χ2v) is 4.53. The molecular weight excluding hydrogens is 261 g/mol. The summed E-state index contributed by atoms with van der Waals surface area (Å²) in [5.41, 5.74) is -2.04. The quantitative estimate of drug-likeness (QED) is 0.817. The van der Waals surface area contributed by atoms with Gasteiger partial charge < -0.3 is 5.11 Å². The highest BCUT2D eigenvalue weighted by Crippen LogP contribution is 2.55. The molecule has 1 aromatic rings. The van der Waals surface area contributed by atoms with Crippen molar-refractivity contribution in [2.24, 2.45) is 0 Å². The fourth-order valence-corrected chi connectivity index (χ4v) is 2.08. The molecule has 0 amide bonds. The van der Waals surface area contributed by atoms with Gasteiger partial charge in [0.05, 0.1) is 5.75 Å². The molecule has 1 aliphatic rings. The fourth-order valence-electron chi connectivity index (χ4n) is 1.40. The van der Waals surface area contributed by atoms with E-state index in [2.05, 4.69) is 15.5 Å². The topological polar surface area (TPSA) is 80.9 Å². The third kappa shape index (κ3) is 2.08.